The van der Waals surface area contributed by atoms with Crippen LogP contribution in [0.15, 0.2) is 22.6 Å². The summed E-state index contributed by atoms with van der Waals surface area (Å²) in [7, 11) is 0. The second kappa shape index (κ2) is 8.86. The quantitative estimate of drug-likeness (QED) is 0.563. The standard InChI is InChI=1S/C25H28ClF2N3O6/c1-23(27,28)37-15-8-13(9-15)21-30-31-22(36-21)25-6-4-24(5-7-25,12-34-25)29-20(33)19-11-17(32)16-10-14(26)2-3-18(16)35-19/h2-3,10,13,15,17,19,32H,4-9,11-12H2,1H3,(H,29,33)/t13?,15?,17-,19-,24?,25?/m1/s1. The van der Waals surface area contributed by atoms with Gasteiger partial charge < -0.3 is 29.1 Å². The zero-order valence-electron chi connectivity index (χ0n) is 20.2. The van der Waals surface area contributed by atoms with E-state index in [4.69, 9.17) is 30.2 Å². The second-order valence-electron chi connectivity index (χ2n) is 10.8. The third-order valence-electron chi connectivity index (χ3n) is 8.01. The molecular formula is C25H28ClF2N3O6. The molecule has 1 aromatic heterocycles. The molecule has 2 aromatic rings. The number of fused-ring (bicyclic) bond motifs is 4. The first-order valence-electron chi connectivity index (χ1n) is 12.5. The van der Waals surface area contributed by atoms with E-state index in [1.807, 2.05) is 0 Å². The van der Waals surface area contributed by atoms with Gasteiger partial charge >= 0.3 is 6.11 Å². The van der Waals surface area contributed by atoms with Crippen molar-refractivity contribution in [1.82, 2.24) is 15.5 Å². The van der Waals surface area contributed by atoms with Crippen molar-refractivity contribution in [1.29, 1.82) is 0 Å². The fourth-order valence-corrected chi connectivity index (χ4v) is 5.97. The van der Waals surface area contributed by atoms with Gasteiger partial charge in [0.2, 0.25) is 11.8 Å². The third-order valence-corrected chi connectivity index (χ3v) is 8.24. The number of nitrogens with zero attached hydrogens (tertiary/aromatic N) is 2. The van der Waals surface area contributed by atoms with Crippen LogP contribution in [0.4, 0.5) is 8.78 Å². The summed E-state index contributed by atoms with van der Waals surface area (Å²) in [5.74, 6) is 0.849. The Kier molecular flexibility index (Phi) is 5.98. The van der Waals surface area contributed by atoms with Crippen LogP contribution in [0.3, 0.4) is 0 Å². The molecule has 3 aliphatic heterocycles. The van der Waals surface area contributed by atoms with Crippen molar-refractivity contribution < 1.29 is 37.3 Å². The van der Waals surface area contributed by atoms with Crippen molar-refractivity contribution in [3.05, 3.63) is 40.6 Å². The first kappa shape index (κ1) is 25.0. The number of aliphatic hydroxyl groups excluding tert-OH is 1. The lowest BCUT2D eigenvalue weighted by Gasteiger charge is -2.51. The lowest BCUT2D eigenvalue weighted by Crippen LogP contribution is -2.63. The topological polar surface area (TPSA) is 116 Å². The summed E-state index contributed by atoms with van der Waals surface area (Å²) in [5, 5.41) is 22.5. The first-order chi connectivity index (χ1) is 17.5. The number of carbonyl (C=O) groups is 1. The van der Waals surface area contributed by atoms with Crippen molar-refractivity contribution in [2.75, 3.05) is 6.61 Å². The molecule has 2 aliphatic carbocycles. The van der Waals surface area contributed by atoms with Crippen molar-refractivity contribution in [3.63, 3.8) is 0 Å². The van der Waals surface area contributed by atoms with Gasteiger partial charge in [0, 0.05) is 29.8 Å². The molecule has 200 valence electrons. The van der Waals surface area contributed by atoms with Crippen molar-refractivity contribution in [3.8, 4) is 5.75 Å². The van der Waals surface area contributed by atoms with Crippen molar-refractivity contribution in [2.24, 2.45) is 0 Å². The van der Waals surface area contributed by atoms with E-state index in [1.165, 1.54) is 0 Å². The molecule has 1 aromatic carbocycles. The van der Waals surface area contributed by atoms with E-state index < -0.39 is 35.6 Å². The molecule has 0 unspecified atom stereocenters. The largest absolute Gasteiger partial charge is 0.480 e. The monoisotopic (exact) mass is 539 g/mol. The van der Waals surface area contributed by atoms with E-state index in [-0.39, 0.29) is 24.9 Å². The smallest absolute Gasteiger partial charge is 0.353 e. The van der Waals surface area contributed by atoms with Gasteiger partial charge in [-0.2, -0.15) is 8.78 Å². The van der Waals surface area contributed by atoms with Crippen LogP contribution in [0.5, 0.6) is 5.75 Å². The number of hydrogen-bond donors (Lipinski definition) is 2. The summed E-state index contributed by atoms with van der Waals surface area (Å²) >= 11 is 6.02. The highest BCUT2D eigenvalue weighted by Gasteiger charge is 2.55. The Morgan fingerprint density at radius 1 is 1.22 bits per heavy atom. The number of carbonyl (C=O) groups excluding carboxylic acids is 1. The van der Waals surface area contributed by atoms with Crippen LogP contribution >= 0.6 is 11.6 Å². The minimum Gasteiger partial charge on any atom is -0.480 e. The lowest BCUT2D eigenvalue weighted by molar-refractivity contribution is -0.265. The summed E-state index contributed by atoms with van der Waals surface area (Å²) in [6.45, 7) is 1.01. The highest BCUT2D eigenvalue weighted by Crippen LogP contribution is 2.50. The lowest BCUT2D eigenvalue weighted by atomic mass is 9.71. The molecule has 5 aliphatic rings. The van der Waals surface area contributed by atoms with Crippen LogP contribution in [0.25, 0.3) is 0 Å². The van der Waals surface area contributed by atoms with Crippen LogP contribution < -0.4 is 10.1 Å². The second-order valence-corrected chi connectivity index (χ2v) is 11.2. The van der Waals surface area contributed by atoms with Crippen LogP contribution in [0.1, 0.15) is 81.2 Å². The molecule has 9 nitrogen and oxygen atoms in total. The predicted octanol–water partition coefficient (Wildman–Crippen LogP) is 4.14. The normalized spacial score (nSPS) is 34.8. The molecule has 12 heteroatoms. The molecule has 4 heterocycles. The van der Waals surface area contributed by atoms with Gasteiger partial charge in [-0.1, -0.05) is 11.6 Å². The van der Waals surface area contributed by atoms with Gasteiger partial charge in [0.15, 0.2) is 6.10 Å². The maximum atomic E-state index is 13.1. The maximum Gasteiger partial charge on any atom is 0.353 e. The van der Waals surface area contributed by atoms with E-state index in [2.05, 4.69) is 15.5 Å². The average Bonchev–Trinajstić information content (AvgIpc) is 3.32. The Morgan fingerprint density at radius 2 is 1.97 bits per heavy atom. The van der Waals surface area contributed by atoms with E-state index >= 15 is 0 Å². The fraction of sp³-hybridized carbons (Fsp3) is 0.640. The van der Waals surface area contributed by atoms with Gasteiger partial charge in [-0.15, -0.1) is 10.2 Å². The zero-order chi connectivity index (χ0) is 26.0. The fourth-order valence-electron chi connectivity index (χ4n) is 5.79. The van der Waals surface area contributed by atoms with E-state index in [0.717, 1.165) is 6.92 Å². The van der Waals surface area contributed by atoms with Crippen LogP contribution in [-0.2, 0) is 19.9 Å². The summed E-state index contributed by atoms with van der Waals surface area (Å²) < 4.78 is 48.8. The SMILES string of the molecule is CC(F)(F)OC1CC(c2nnc(C34CCC(NC(=O)[C@H]5C[C@@H](O)c6cc(Cl)ccc6O5)(CC3)CO4)o2)C1. The Labute approximate surface area is 216 Å². The first-order valence-corrected chi connectivity index (χ1v) is 12.9. The number of amides is 1. The van der Waals surface area contributed by atoms with Crippen LogP contribution in [-0.4, -0.2) is 51.7 Å². The molecule has 0 radical (unpaired) electrons. The molecule has 2 bridgehead atoms. The maximum absolute atomic E-state index is 13.1. The van der Waals surface area contributed by atoms with Crippen LogP contribution in [0, 0.1) is 0 Å². The number of aromatic nitrogens is 2. The van der Waals surface area contributed by atoms with Crippen LogP contribution in [0.2, 0.25) is 5.02 Å². The molecule has 2 saturated carbocycles. The summed E-state index contributed by atoms with van der Waals surface area (Å²) in [4.78, 5) is 13.1. The van der Waals surface area contributed by atoms with Crippen molar-refractivity contribution in [2.45, 2.75) is 93.3 Å². The minimum absolute atomic E-state index is 0.109. The molecule has 1 amide bonds. The van der Waals surface area contributed by atoms with Gasteiger partial charge in [-0.3, -0.25) is 4.79 Å². The molecule has 0 spiro atoms. The molecule has 37 heavy (non-hydrogen) atoms. The zero-order valence-corrected chi connectivity index (χ0v) is 21.0. The molecule has 2 saturated heterocycles. The summed E-state index contributed by atoms with van der Waals surface area (Å²) in [6, 6.07) is 4.96. The molecule has 7 rings (SSSR count). The summed E-state index contributed by atoms with van der Waals surface area (Å²) in [5.41, 5.74) is -0.686. The average molecular weight is 540 g/mol. The highest BCUT2D eigenvalue weighted by atomic mass is 35.5. The third kappa shape index (κ3) is 4.71. The summed E-state index contributed by atoms with van der Waals surface area (Å²) in [6.07, 6.45) is -1.92. The van der Waals surface area contributed by atoms with Gasteiger partial charge in [0.25, 0.3) is 5.91 Å². The Morgan fingerprint density at radius 3 is 2.65 bits per heavy atom. The van der Waals surface area contributed by atoms with Gasteiger partial charge in [0.1, 0.15) is 11.4 Å². The number of halogens is 3. The Balaban J connectivity index is 1.06. The number of benzene rings is 1. The molecule has 2 N–H and O–H groups in total. The number of rotatable bonds is 6. The van der Waals surface area contributed by atoms with E-state index in [0.29, 0.717) is 66.6 Å². The Bertz CT molecular complexity index is 1170. The number of ether oxygens (including phenoxy) is 3. The minimum atomic E-state index is -3.16. The molecular weight excluding hydrogens is 512 g/mol. The van der Waals surface area contributed by atoms with Gasteiger partial charge in [-0.05, 0) is 56.7 Å². The molecule has 4 fully saturated rings. The number of nitrogens with one attached hydrogen (secondary N) is 1. The van der Waals surface area contributed by atoms with Crippen molar-refractivity contribution >= 4 is 17.5 Å². The van der Waals surface area contributed by atoms with E-state index in [1.54, 1.807) is 18.2 Å². The molecule has 2 atom stereocenters. The number of hydrogen-bond acceptors (Lipinski definition) is 8. The van der Waals surface area contributed by atoms with E-state index in [9.17, 15) is 18.7 Å². The Hall–Kier alpha value is -2.34. The number of alkyl halides is 2. The highest BCUT2D eigenvalue weighted by molar-refractivity contribution is 6.30. The van der Waals surface area contributed by atoms with Gasteiger partial charge in [-0.25, -0.2) is 0 Å². The van der Waals surface area contributed by atoms with Gasteiger partial charge in [0.05, 0.1) is 24.4 Å². The predicted molar refractivity (Wildman–Crippen MR) is 124 cm³/mol. The number of aliphatic hydroxyl groups is 1.